The number of benzene rings is 1. The van der Waals surface area contributed by atoms with Crippen LogP contribution >= 0.6 is 39.3 Å². The van der Waals surface area contributed by atoms with E-state index in [1.807, 2.05) is 23.9 Å². The first-order chi connectivity index (χ1) is 7.15. The van der Waals surface area contributed by atoms with Gasteiger partial charge in [-0.15, -0.1) is 0 Å². The van der Waals surface area contributed by atoms with Gasteiger partial charge in [0.15, 0.2) is 0 Å². The Labute approximate surface area is 109 Å². The van der Waals surface area contributed by atoms with Gasteiger partial charge in [0, 0.05) is 27.8 Å². The van der Waals surface area contributed by atoms with E-state index in [0.29, 0.717) is 6.04 Å². The molecule has 84 valence electrons. The monoisotopic (exact) mass is 307 g/mol. The molecule has 1 rings (SSSR count). The SMILES string of the molecule is CSCCNC(C)c1ccc(Br)cc1Cl. The second kappa shape index (κ2) is 6.79. The van der Waals surface area contributed by atoms with Gasteiger partial charge in [0.25, 0.3) is 0 Å². The number of thioether (sulfide) groups is 1. The van der Waals surface area contributed by atoms with Crippen LogP contribution in [0.3, 0.4) is 0 Å². The van der Waals surface area contributed by atoms with Gasteiger partial charge in [-0.25, -0.2) is 0 Å². The van der Waals surface area contributed by atoms with Crippen molar-refractivity contribution in [3.63, 3.8) is 0 Å². The summed E-state index contributed by atoms with van der Waals surface area (Å²) in [6, 6.07) is 6.32. The van der Waals surface area contributed by atoms with Crippen LogP contribution in [0.4, 0.5) is 0 Å². The fraction of sp³-hybridized carbons (Fsp3) is 0.455. The molecule has 0 aliphatic carbocycles. The fourth-order valence-electron chi connectivity index (χ4n) is 1.34. The first kappa shape index (κ1) is 13.4. The zero-order valence-electron chi connectivity index (χ0n) is 8.89. The summed E-state index contributed by atoms with van der Waals surface area (Å²) < 4.78 is 1.02. The van der Waals surface area contributed by atoms with E-state index < -0.39 is 0 Å². The summed E-state index contributed by atoms with van der Waals surface area (Å²) in [4.78, 5) is 0. The lowest BCUT2D eigenvalue weighted by Gasteiger charge is -2.15. The molecule has 1 aromatic carbocycles. The van der Waals surface area contributed by atoms with Gasteiger partial charge in [-0.1, -0.05) is 33.6 Å². The smallest absolute Gasteiger partial charge is 0.0464 e. The molecule has 1 unspecified atom stereocenters. The maximum atomic E-state index is 6.16. The van der Waals surface area contributed by atoms with E-state index in [9.17, 15) is 0 Å². The summed E-state index contributed by atoms with van der Waals surface area (Å²) in [5, 5.41) is 4.25. The lowest BCUT2D eigenvalue weighted by atomic mass is 10.1. The van der Waals surface area contributed by atoms with Crippen molar-refractivity contribution in [1.29, 1.82) is 0 Å². The third kappa shape index (κ3) is 4.35. The summed E-state index contributed by atoms with van der Waals surface area (Å²) in [5.41, 5.74) is 1.15. The molecule has 0 heterocycles. The standard InChI is InChI=1S/C11H15BrClNS/c1-8(14-5-6-15-2)10-4-3-9(12)7-11(10)13/h3-4,7-8,14H,5-6H2,1-2H3. The van der Waals surface area contributed by atoms with Crippen molar-refractivity contribution in [2.24, 2.45) is 0 Å². The summed E-state index contributed by atoms with van der Waals surface area (Å²) in [5.74, 6) is 1.12. The summed E-state index contributed by atoms with van der Waals surface area (Å²) in [7, 11) is 0. The van der Waals surface area contributed by atoms with E-state index in [-0.39, 0.29) is 0 Å². The maximum Gasteiger partial charge on any atom is 0.0464 e. The topological polar surface area (TPSA) is 12.0 Å². The van der Waals surface area contributed by atoms with Gasteiger partial charge < -0.3 is 5.32 Å². The summed E-state index contributed by atoms with van der Waals surface area (Å²) >= 11 is 11.4. The van der Waals surface area contributed by atoms with Crippen molar-refractivity contribution >= 4 is 39.3 Å². The highest BCUT2D eigenvalue weighted by Crippen LogP contribution is 2.26. The van der Waals surface area contributed by atoms with Crippen molar-refractivity contribution < 1.29 is 0 Å². The third-order valence-corrected chi connectivity index (χ3v) is 3.62. The van der Waals surface area contributed by atoms with Gasteiger partial charge in [-0.3, -0.25) is 0 Å². The molecule has 0 saturated heterocycles. The molecule has 15 heavy (non-hydrogen) atoms. The molecule has 0 aliphatic rings. The van der Waals surface area contributed by atoms with Gasteiger partial charge in [0.05, 0.1) is 0 Å². The molecule has 1 N–H and O–H groups in total. The largest absolute Gasteiger partial charge is 0.309 e. The molecule has 4 heteroatoms. The Morgan fingerprint density at radius 1 is 1.53 bits per heavy atom. The Balaban J connectivity index is 2.61. The highest BCUT2D eigenvalue weighted by atomic mass is 79.9. The van der Waals surface area contributed by atoms with Crippen LogP contribution in [0.15, 0.2) is 22.7 Å². The Hall–Kier alpha value is 0.300. The highest BCUT2D eigenvalue weighted by molar-refractivity contribution is 9.10. The fourth-order valence-corrected chi connectivity index (χ4v) is 2.50. The number of nitrogens with one attached hydrogen (secondary N) is 1. The van der Waals surface area contributed by atoms with Crippen LogP contribution in [-0.4, -0.2) is 18.6 Å². The van der Waals surface area contributed by atoms with E-state index in [4.69, 9.17) is 11.6 Å². The van der Waals surface area contributed by atoms with Crippen molar-refractivity contribution in [3.8, 4) is 0 Å². The van der Waals surface area contributed by atoms with Crippen molar-refractivity contribution in [2.45, 2.75) is 13.0 Å². The summed E-state index contributed by atoms with van der Waals surface area (Å²) in [6.45, 7) is 3.14. The molecule has 0 bridgehead atoms. The number of hydrogen-bond donors (Lipinski definition) is 1. The van der Waals surface area contributed by atoms with Crippen LogP contribution in [0.25, 0.3) is 0 Å². The molecule has 1 nitrogen and oxygen atoms in total. The molecule has 0 saturated carbocycles. The van der Waals surface area contributed by atoms with Gasteiger partial charge in [-0.05, 0) is 30.9 Å². The quantitative estimate of drug-likeness (QED) is 0.821. The molecular formula is C11H15BrClNS. The Morgan fingerprint density at radius 2 is 2.27 bits per heavy atom. The van der Waals surface area contributed by atoms with Crippen LogP contribution in [-0.2, 0) is 0 Å². The van der Waals surface area contributed by atoms with Crippen molar-refractivity contribution in [1.82, 2.24) is 5.32 Å². The van der Waals surface area contributed by atoms with E-state index in [1.165, 1.54) is 0 Å². The Morgan fingerprint density at radius 3 is 2.87 bits per heavy atom. The number of rotatable bonds is 5. The van der Waals surface area contributed by atoms with Crippen LogP contribution in [0.5, 0.6) is 0 Å². The van der Waals surface area contributed by atoms with Gasteiger partial charge in [0.2, 0.25) is 0 Å². The molecule has 1 aromatic rings. The normalized spacial score (nSPS) is 12.8. The molecule has 1 atom stereocenters. The first-order valence-corrected chi connectivity index (χ1v) is 7.39. The van der Waals surface area contributed by atoms with Gasteiger partial charge >= 0.3 is 0 Å². The lowest BCUT2D eigenvalue weighted by Crippen LogP contribution is -2.21. The zero-order valence-corrected chi connectivity index (χ0v) is 12.0. The van der Waals surface area contributed by atoms with Crippen molar-refractivity contribution in [3.05, 3.63) is 33.3 Å². The van der Waals surface area contributed by atoms with E-state index >= 15 is 0 Å². The minimum atomic E-state index is 0.303. The average molecular weight is 309 g/mol. The van der Waals surface area contributed by atoms with E-state index in [1.54, 1.807) is 0 Å². The predicted molar refractivity (Wildman–Crippen MR) is 74.0 cm³/mol. The van der Waals surface area contributed by atoms with Crippen LogP contribution < -0.4 is 5.32 Å². The Bertz CT molecular complexity index is 319. The maximum absolute atomic E-state index is 6.16. The molecule has 0 fully saturated rings. The van der Waals surface area contributed by atoms with Crippen LogP contribution in [0.2, 0.25) is 5.02 Å². The Kier molecular flexibility index (Phi) is 6.05. The van der Waals surface area contributed by atoms with E-state index in [2.05, 4.69) is 40.5 Å². The molecule has 0 radical (unpaired) electrons. The predicted octanol–water partition coefficient (Wildman–Crippen LogP) is 4.12. The molecule has 0 aromatic heterocycles. The van der Waals surface area contributed by atoms with Gasteiger partial charge in [0.1, 0.15) is 0 Å². The lowest BCUT2D eigenvalue weighted by molar-refractivity contribution is 0.601. The van der Waals surface area contributed by atoms with Crippen LogP contribution in [0, 0.1) is 0 Å². The second-order valence-corrected chi connectivity index (χ2v) is 5.64. The van der Waals surface area contributed by atoms with Gasteiger partial charge in [-0.2, -0.15) is 11.8 Å². The van der Waals surface area contributed by atoms with Crippen LogP contribution in [0.1, 0.15) is 18.5 Å². The molecule has 0 amide bonds. The first-order valence-electron chi connectivity index (χ1n) is 4.82. The van der Waals surface area contributed by atoms with Crippen molar-refractivity contribution in [2.75, 3.05) is 18.6 Å². The minimum Gasteiger partial charge on any atom is -0.309 e. The minimum absolute atomic E-state index is 0.303. The second-order valence-electron chi connectivity index (χ2n) is 3.33. The summed E-state index contributed by atoms with van der Waals surface area (Å²) in [6.07, 6.45) is 2.11. The molecule has 0 aliphatic heterocycles. The highest BCUT2D eigenvalue weighted by Gasteiger charge is 2.08. The number of hydrogen-bond acceptors (Lipinski definition) is 2. The average Bonchev–Trinajstić information content (AvgIpc) is 2.17. The number of halogens is 2. The molecule has 0 spiro atoms. The zero-order chi connectivity index (χ0) is 11.3. The third-order valence-electron chi connectivity index (χ3n) is 2.19. The van der Waals surface area contributed by atoms with E-state index in [0.717, 1.165) is 27.4 Å². The molecular weight excluding hydrogens is 294 g/mol.